The smallest absolute Gasteiger partial charge is 0.335 e. The summed E-state index contributed by atoms with van der Waals surface area (Å²) in [6.07, 6.45) is 3.55. The lowest BCUT2D eigenvalue weighted by atomic mass is 10.1. The second-order valence-corrected chi connectivity index (χ2v) is 5.79. The summed E-state index contributed by atoms with van der Waals surface area (Å²) in [5.74, 6) is -0.914. The van der Waals surface area contributed by atoms with Gasteiger partial charge in [-0.2, -0.15) is 0 Å². The van der Waals surface area contributed by atoms with Crippen molar-refractivity contribution in [3.05, 3.63) is 95.6 Å². The van der Waals surface area contributed by atoms with Crippen molar-refractivity contribution in [2.45, 2.75) is 19.6 Å². The molecular weight excluding hydrogens is 314 g/mol. The average molecular weight is 333 g/mol. The van der Waals surface area contributed by atoms with Crippen LogP contribution in [0.1, 0.15) is 27.3 Å². The number of hydrogen-bond acceptors (Lipinski definition) is 4. The molecule has 1 N–H and O–H groups in total. The zero-order chi connectivity index (χ0) is 17.5. The predicted octanol–water partition coefficient (Wildman–Crippen LogP) is 3.38. The van der Waals surface area contributed by atoms with Crippen LogP contribution in [-0.4, -0.2) is 25.9 Å². The Morgan fingerprint density at radius 2 is 1.48 bits per heavy atom. The van der Waals surface area contributed by atoms with E-state index in [2.05, 4.69) is 14.9 Å². The molecule has 0 aliphatic carbocycles. The van der Waals surface area contributed by atoms with Crippen LogP contribution >= 0.6 is 0 Å². The van der Waals surface area contributed by atoms with E-state index in [1.54, 1.807) is 30.6 Å². The fraction of sp³-hybridized carbons (Fsp3) is 0.150. The number of carboxylic acids is 1. The van der Waals surface area contributed by atoms with Crippen molar-refractivity contribution in [2.75, 3.05) is 0 Å². The first-order valence-corrected chi connectivity index (χ1v) is 8.05. The highest BCUT2D eigenvalue weighted by molar-refractivity contribution is 5.87. The van der Waals surface area contributed by atoms with Gasteiger partial charge in [0.15, 0.2) is 0 Å². The van der Waals surface area contributed by atoms with E-state index < -0.39 is 5.97 Å². The molecule has 0 aliphatic rings. The average Bonchev–Trinajstić information content (AvgIpc) is 2.63. The maximum absolute atomic E-state index is 11.2. The van der Waals surface area contributed by atoms with Gasteiger partial charge in [-0.1, -0.05) is 24.3 Å². The minimum atomic E-state index is -0.914. The molecule has 0 unspecified atom stereocenters. The topological polar surface area (TPSA) is 66.3 Å². The second kappa shape index (κ2) is 8.17. The van der Waals surface area contributed by atoms with Gasteiger partial charge in [-0.25, -0.2) is 4.79 Å². The summed E-state index contributed by atoms with van der Waals surface area (Å²) >= 11 is 0. The van der Waals surface area contributed by atoms with Gasteiger partial charge in [-0.3, -0.25) is 14.9 Å². The molecule has 0 fully saturated rings. The number of rotatable bonds is 7. The summed E-state index contributed by atoms with van der Waals surface area (Å²) < 4.78 is 0. The highest BCUT2D eigenvalue weighted by atomic mass is 16.4. The highest BCUT2D eigenvalue weighted by Gasteiger charge is 2.11. The zero-order valence-electron chi connectivity index (χ0n) is 13.7. The Bertz CT molecular complexity index is 781. The Morgan fingerprint density at radius 3 is 2.00 bits per heavy atom. The number of hydrogen-bond donors (Lipinski definition) is 1. The summed E-state index contributed by atoms with van der Waals surface area (Å²) in [6, 6.07) is 18.7. The first-order valence-electron chi connectivity index (χ1n) is 8.05. The number of carboxylic acid groups (broad SMARTS) is 1. The van der Waals surface area contributed by atoms with E-state index in [4.69, 9.17) is 0 Å². The van der Waals surface area contributed by atoms with Gasteiger partial charge in [-0.05, 0) is 42.0 Å². The van der Waals surface area contributed by atoms with Crippen LogP contribution in [-0.2, 0) is 19.6 Å². The number of aromatic carboxylic acids is 1. The molecule has 2 aromatic heterocycles. The van der Waals surface area contributed by atoms with Gasteiger partial charge in [-0.15, -0.1) is 0 Å². The number of nitrogens with zero attached hydrogens (tertiary/aromatic N) is 3. The fourth-order valence-corrected chi connectivity index (χ4v) is 2.67. The Balaban J connectivity index is 1.80. The van der Waals surface area contributed by atoms with Crippen LogP contribution in [0.25, 0.3) is 0 Å². The summed E-state index contributed by atoms with van der Waals surface area (Å²) in [5, 5.41) is 9.18. The Labute approximate surface area is 146 Å². The van der Waals surface area contributed by atoms with Gasteiger partial charge >= 0.3 is 5.97 Å². The molecular formula is C20H19N3O2. The van der Waals surface area contributed by atoms with Crippen LogP contribution in [0.15, 0.2) is 73.1 Å². The third-order valence-electron chi connectivity index (χ3n) is 3.80. The lowest BCUT2D eigenvalue weighted by Crippen LogP contribution is -2.23. The van der Waals surface area contributed by atoms with Crippen LogP contribution in [0.4, 0.5) is 0 Å². The molecule has 0 bridgehead atoms. The standard InChI is InChI=1S/C20H19N3O2/c24-20(25)17-7-5-6-16(12-17)13-23(14-18-8-1-3-10-21-18)15-19-9-2-4-11-22-19/h1-12H,13-15H2,(H,24,25). The molecule has 0 aliphatic heterocycles. The quantitative estimate of drug-likeness (QED) is 0.718. The monoisotopic (exact) mass is 333 g/mol. The minimum Gasteiger partial charge on any atom is -0.478 e. The van der Waals surface area contributed by atoms with Gasteiger partial charge in [0.1, 0.15) is 0 Å². The molecule has 0 radical (unpaired) electrons. The van der Waals surface area contributed by atoms with E-state index in [1.165, 1.54) is 0 Å². The number of pyridine rings is 2. The van der Waals surface area contributed by atoms with E-state index >= 15 is 0 Å². The molecule has 25 heavy (non-hydrogen) atoms. The van der Waals surface area contributed by atoms with Crippen molar-refractivity contribution < 1.29 is 9.90 Å². The molecule has 0 saturated carbocycles. The molecule has 2 heterocycles. The summed E-state index contributed by atoms with van der Waals surface area (Å²) in [4.78, 5) is 22.2. The Hall–Kier alpha value is -3.05. The van der Waals surface area contributed by atoms with Crippen LogP contribution in [0.3, 0.4) is 0 Å². The molecule has 0 atom stereocenters. The van der Waals surface area contributed by atoms with Gasteiger partial charge in [0.25, 0.3) is 0 Å². The normalized spacial score (nSPS) is 10.8. The minimum absolute atomic E-state index is 0.299. The predicted molar refractivity (Wildman–Crippen MR) is 94.8 cm³/mol. The lowest BCUT2D eigenvalue weighted by Gasteiger charge is -2.22. The fourth-order valence-electron chi connectivity index (χ4n) is 2.67. The van der Waals surface area contributed by atoms with Gasteiger partial charge < -0.3 is 5.11 Å². The third kappa shape index (κ3) is 4.96. The first kappa shape index (κ1) is 16.8. The van der Waals surface area contributed by atoms with Gasteiger partial charge in [0.2, 0.25) is 0 Å². The molecule has 0 spiro atoms. The summed E-state index contributed by atoms with van der Waals surface area (Å²) in [5.41, 5.74) is 3.18. The lowest BCUT2D eigenvalue weighted by molar-refractivity contribution is 0.0696. The Morgan fingerprint density at radius 1 is 0.840 bits per heavy atom. The summed E-state index contributed by atoms with van der Waals surface area (Å²) in [7, 11) is 0. The van der Waals surface area contributed by atoms with Crippen LogP contribution in [0.5, 0.6) is 0 Å². The molecule has 0 amide bonds. The third-order valence-corrected chi connectivity index (χ3v) is 3.80. The van der Waals surface area contributed by atoms with Crippen molar-refractivity contribution in [3.8, 4) is 0 Å². The van der Waals surface area contributed by atoms with E-state index in [-0.39, 0.29) is 0 Å². The van der Waals surface area contributed by atoms with Crippen LogP contribution in [0, 0.1) is 0 Å². The largest absolute Gasteiger partial charge is 0.478 e. The molecule has 5 nitrogen and oxygen atoms in total. The first-order chi connectivity index (χ1) is 12.2. The SMILES string of the molecule is O=C(O)c1cccc(CN(Cc2ccccn2)Cc2ccccn2)c1. The molecule has 5 heteroatoms. The molecule has 1 aromatic carbocycles. The van der Waals surface area contributed by atoms with Crippen molar-refractivity contribution in [1.82, 2.24) is 14.9 Å². The maximum Gasteiger partial charge on any atom is 0.335 e. The van der Waals surface area contributed by atoms with Crippen molar-refractivity contribution in [2.24, 2.45) is 0 Å². The maximum atomic E-state index is 11.2. The van der Waals surface area contributed by atoms with Crippen molar-refractivity contribution in [3.63, 3.8) is 0 Å². The molecule has 3 rings (SSSR count). The number of aromatic nitrogens is 2. The van der Waals surface area contributed by atoms with Crippen LogP contribution in [0.2, 0.25) is 0 Å². The Kier molecular flexibility index (Phi) is 5.49. The van der Waals surface area contributed by atoms with Gasteiger partial charge in [0.05, 0.1) is 17.0 Å². The van der Waals surface area contributed by atoms with E-state index in [0.29, 0.717) is 25.2 Å². The zero-order valence-corrected chi connectivity index (χ0v) is 13.7. The molecule has 126 valence electrons. The molecule has 0 saturated heterocycles. The van der Waals surface area contributed by atoms with E-state index in [1.807, 2.05) is 42.5 Å². The van der Waals surface area contributed by atoms with E-state index in [9.17, 15) is 9.90 Å². The second-order valence-electron chi connectivity index (χ2n) is 5.79. The number of carbonyl (C=O) groups is 1. The summed E-state index contributed by atoms with van der Waals surface area (Å²) in [6.45, 7) is 1.94. The highest BCUT2D eigenvalue weighted by Crippen LogP contribution is 2.13. The van der Waals surface area contributed by atoms with Gasteiger partial charge in [0, 0.05) is 32.0 Å². The number of benzene rings is 1. The van der Waals surface area contributed by atoms with Crippen molar-refractivity contribution in [1.29, 1.82) is 0 Å². The van der Waals surface area contributed by atoms with E-state index in [0.717, 1.165) is 17.0 Å². The van der Waals surface area contributed by atoms with Crippen molar-refractivity contribution >= 4 is 5.97 Å². The molecule has 3 aromatic rings. The van der Waals surface area contributed by atoms with Crippen LogP contribution < -0.4 is 0 Å².